The number of hydrogen-bond acceptors (Lipinski definition) is 3. The lowest BCUT2D eigenvalue weighted by atomic mass is 10.0. The van der Waals surface area contributed by atoms with E-state index in [0.717, 1.165) is 25.1 Å². The minimum Gasteiger partial charge on any atom is -0.465 e. The number of carbonyl (C=O) groups is 1. The molecule has 2 aromatic rings. The quantitative estimate of drug-likeness (QED) is 0.779. The summed E-state index contributed by atoms with van der Waals surface area (Å²) in [4.78, 5) is 13.8. The van der Waals surface area contributed by atoms with Gasteiger partial charge in [-0.15, -0.1) is 0 Å². The third-order valence-electron chi connectivity index (χ3n) is 3.71. The van der Waals surface area contributed by atoms with Crippen LogP contribution in [0, 0.1) is 0 Å². The Hall–Kier alpha value is -2.29. The number of nitrogens with zero attached hydrogens (tertiary/aromatic N) is 1. The molecule has 0 saturated carbocycles. The predicted molar refractivity (Wildman–Crippen MR) is 79.6 cm³/mol. The summed E-state index contributed by atoms with van der Waals surface area (Å²) in [6.45, 7) is 1.01. The Bertz CT molecular complexity index is 619. The molecule has 0 unspecified atom stereocenters. The van der Waals surface area contributed by atoms with Crippen molar-refractivity contribution in [2.24, 2.45) is 0 Å². The van der Waals surface area contributed by atoms with Crippen molar-refractivity contribution < 1.29 is 9.53 Å². The van der Waals surface area contributed by atoms with Gasteiger partial charge in [0.05, 0.1) is 12.7 Å². The number of hydrogen-bond donors (Lipinski definition) is 0. The van der Waals surface area contributed by atoms with Gasteiger partial charge in [-0.3, -0.25) is 0 Å². The lowest BCUT2D eigenvalue weighted by molar-refractivity contribution is 0.0601. The van der Waals surface area contributed by atoms with Gasteiger partial charge in [0.25, 0.3) is 0 Å². The van der Waals surface area contributed by atoms with Gasteiger partial charge in [0.1, 0.15) is 0 Å². The Morgan fingerprint density at radius 3 is 2.60 bits per heavy atom. The van der Waals surface area contributed by atoms with E-state index in [1.165, 1.54) is 18.4 Å². The van der Waals surface area contributed by atoms with Crippen molar-refractivity contribution in [3.63, 3.8) is 0 Å². The molecule has 0 spiro atoms. The molecule has 0 amide bonds. The first-order valence-electron chi connectivity index (χ1n) is 6.83. The van der Waals surface area contributed by atoms with Gasteiger partial charge in [-0.2, -0.15) is 0 Å². The molecule has 0 aliphatic carbocycles. The number of methoxy groups -OCH3 is 1. The first-order chi connectivity index (χ1) is 9.79. The molecule has 2 aromatic carbocycles. The molecule has 0 bridgehead atoms. The highest BCUT2D eigenvalue weighted by atomic mass is 16.5. The van der Waals surface area contributed by atoms with E-state index >= 15 is 0 Å². The first-order valence-corrected chi connectivity index (χ1v) is 6.83. The van der Waals surface area contributed by atoms with Crippen molar-refractivity contribution in [3.8, 4) is 0 Å². The van der Waals surface area contributed by atoms with Crippen molar-refractivity contribution >= 4 is 17.3 Å². The van der Waals surface area contributed by atoms with Crippen LogP contribution >= 0.6 is 0 Å². The third kappa shape index (κ3) is 2.27. The standard InChI is InChI=1S/C17H17NO2/c1-20-17(19)14-8-10-15(11-9-14)18-12-4-6-13-5-2-3-7-16(13)18/h2-3,5,7-11H,4,6,12H2,1H3. The highest BCUT2D eigenvalue weighted by Gasteiger charge is 2.17. The maximum atomic E-state index is 11.5. The fraction of sp³-hybridized carbons (Fsp3) is 0.235. The fourth-order valence-electron chi connectivity index (χ4n) is 2.70. The second-order valence-corrected chi connectivity index (χ2v) is 4.92. The molecule has 3 heteroatoms. The zero-order valence-electron chi connectivity index (χ0n) is 11.5. The molecule has 1 heterocycles. The molecule has 3 nitrogen and oxygen atoms in total. The Kier molecular flexibility index (Phi) is 3.42. The van der Waals surface area contributed by atoms with Crippen LogP contribution in [0.5, 0.6) is 0 Å². The van der Waals surface area contributed by atoms with E-state index in [9.17, 15) is 4.79 Å². The molecule has 20 heavy (non-hydrogen) atoms. The van der Waals surface area contributed by atoms with E-state index in [2.05, 4.69) is 29.2 Å². The maximum absolute atomic E-state index is 11.5. The molecule has 1 aliphatic heterocycles. The van der Waals surface area contributed by atoms with Gasteiger partial charge in [0, 0.05) is 17.9 Å². The average molecular weight is 267 g/mol. The molecule has 102 valence electrons. The van der Waals surface area contributed by atoms with Gasteiger partial charge >= 0.3 is 5.97 Å². The molecule has 0 atom stereocenters. The number of benzene rings is 2. The van der Waals surface area contributed by atoms with Crippen LogP contribution in [0.2, 0.25) is 0 Å². The normalized spacial score (nSPS) is 13.8. The van der Waals surface area contributed by atoms with Gasteiger partial charge in [-0.25, -0.2) is 4.79 Å². The van der Waals surface area contributed by atoms with Crippen LogP contribution in [0.3, 0.4) is 0 Å². The third-order valence-corrected chi connectivity index (χ3v) is 3.71. The summed E-state index contributed by atoms with van der Waals surface area (Å²) < 4.78 is 4.73. The number of carbonyl (C=O) groups excluding carboxylic acids is 1. The van der Waals surface area contributed by atoms with E-state index in [0.29, 0.717) is 5.56 Å². The van der Waals surface area contributed by atoms with Crippen molar-refractivity contribution in [2.75, 3.05) is 18.6 Å². The molecular weight excluding hydrogens is 250 g/mol. The molecular formula is C17H17NO2. The minimum absolute atomic E-state index is 0.296. The highest BCUT2D eigenvalue weighted by molar-refractivity contribution is 5.89. The minimum atomic E-state index is -0.296. The Balaban J connectivity index is 1.92. The van der Waals surface area contributed by atoms with Crippen LogP contribution in [0.4, 0.5) is 11.4 Å². The van der Waals surface area contributed by atoms with Crippen LogP contribution < -0.4 is 4.90 Å². The number of ether oxygens (including phenoxy) is 1. The Morgan fingerprint density at radius 2 is 1.85 bits per heavy atom. The molecule has 3 rings (SSSR count). The van der Waals surface area contributed by atoms with Gasteiger partial charge in [0.2, 0.25) is 0 Å². The fourth-order valence-corrected chi connectivity index (χ4v) is 2.70. The first kappa shape index (κ1) is 12.7. The van der Waals surface area contributed by atoms with E-state index in [-0.39, 0.29) is 5.97 Å². The highest BCUT2D eigenvalue weighted by Crippen LogP contribution is 2.33. The number of para-hydroxylation sites is 1. The summed E-state index contributed by atoms with van der Waals surface area (Å²) in [5.41, 5.74) is 4.35. The largest absolute Gasteiger partial charge is 0.465 e. The van der Waals surface area contributed by atoms with Gasteiger partial charge in [0.15, 0.2) is 0 Å². The molecule has 0 radical (unpaired) electrons. The number of esters is 1. The van der Waals surface area contributed by atoms with E-state index in [1.54, 1.807) is 0 Å². The second kappa shape index (κ2) is 5.37. The number of rotatable bonds is 2. The smallest absolute Gasteiger partial charge is 0.337 e. The van der Waals surface area contributed by atoms with Gasteiger partial charge in [-0.1, -0.05) is 18.2 Å². The number of fused-ring (bicyclic) bond motifs is 1. The molecule has 0 saturated heterocycles. The van der Waals surface area contributed by atoms with Crippen molar-refractivity contribution in [3.05, 3.63) is 59.7 Å². The molecule has 0 aromatic heterocycles. The van der Waals surface area contributed by atoms with Crippen molar-refractivity contribution in [2.45, 2.75) is 12.8 Å². The van der Waals surface area contributed by atoms with Crippen LogP contribution in [0.1, 0.15) is 22.3 Å². The lowest BCUT2D eigenvalue weighted by Crippen LogP contribution is -2.24. The van der Waals surface area contributed by atoms with Crippen molar-refractivity contribution in [1.29, 1.82) is 0 Å². The molecule has 0 fully saturated rings. The summed E-state index contributed by atoms with van der Waals surface area (Å²) in [6.07, 6.45) is 2.28. The Labute approximate surface area is 118 Å². The Morgan fingerprint density at radius 1 is 1.10 bits per heavy atom. The summed E-state index contributed by atoms with van der Waals surface area (Å²) in [7, 11) is 1.40. The summed E-state index contributed by atoms with van der Waals surface area (Å²) in [5.74, 6) is -0.296. The zero-order chi connectivity index (χ0) is 13.9. The maximum Gasteiger partial charge on any atom is 0.337 e. The predicted octanol–water partition coefficient (Wildman–Crippen LogP) is 3.56. The average Bonchev–Trinajstić information content (AvgIpc) is 2.54. The summed E-state index contributed by atoms with van der Waals surface area (Å²) >= 11 is 0. The lowest BCUT2D eigenvalue weighted by Gasteiger charge is -2.31. The molecule has 0 N–H and O–H groups in total. The van der Waals surface area contributed by atoms with E-state index in [4.69, 9.17) is 4.74 Å². The van der Waals surface area contributed by atoms with E-state index < -0.39 is 0 Å². The second-order valence-electron chi connectivity index (χ2n) is 4.92. The van der Waals surface area contributed by atoms with Gasteiger partial charge in [-0.05, 0) is 48.7 Å². The topological polar surface area (TPSA) is 29.5 Å². The van der Waals surface area contributed by atoms with Crippen molar-refractivity contribution in [1.82, 2.24) is 0 Å². The number of anilines is 2. The van der Waals surface area contributed by atoms with Crippen LogP contribution in [0.15, 0.2) is 48.5 Å². The van der Waals surface area contributed by atoms with E-state index in [1.807, 2.05) is 24.3 Å². The van der Waals surface area contributed by atoms with Gasteiger partial charge < -0.3 is 9.64 Å². The summed E-state index contributed by atoms with van der Waals surface area (Å²) in [6, 6.07) is 16.1. The molecule has 1 aliphatic rings. The number of aryl methyl sites for hydroxylation is 1. The van der Waals surface area contributed by atoms with Crippen LogP contribution in [-0.4, -0.2) is 19.6 Å². The summed E-state index contributed by atoms with van der Waals surface area (Å²) in [5, 5.41) is 0. The SMILES string of the molecule is COC(=O)c1ccc(N2CCCc3ccccc32)cc1. The van der Waals surface area contributed by atoms with Crippen LogP contribution in [-0.2, 0) is 11.2 Å². The zero-order valence-corrected chi connectivity index (χ0v) is 11.5. The monoisotopic (exact) mass is 267 g/mol. The van der Waals surface area contributed by atoms with Crippen LogP contribution in [0.25, 0.3) is 0 Å².